The molecule has 0 aliphatic carbocycles. The molecule has 1 aliphatic heterocycles. The fourth-order valence-electron chi connectivity index (χ4n) is 2.43. The van der Waals surface area contributed by atoms with Crippen LogP contribution in [0.4, 0.5) is 11.4 Å². The van der Waals surface area contributed by atoms with Crippen LogP contribution in [0.5, 0.6) is 0 Å². The minimum atomic E-state index is 0.672. The van der Waals surface area contributed by atoms with E-state index >= 15 is 0 Å². The number of rotatable bonds is 4. The summed E-state index contributed by atoms with van der Waals surface area (Å²) in [4.78, 5) is 2.49. The van der Waals surface area contributed by atoms with Crippen LogP contribution in [0, 0.1) is 5.92 Å². The molecule has 2 rings (SSSR count). The molecule has 0 bridgehead atoms. The molecule has 1 atom stereocenters. The number of hydrogen-bond acceptors (Lipinski definition) is 3. The van der Waals surface area contributed by atoms with E-state index in [9.17, 15) is 0 Å². The molecule has 0 aromatic heterocycles. The van der Waals surface area contributed by atoms with Crippen molar-refractivity contribution in [2.45, 2.75) is 19.8 Å². The highest BCUT2D eigenvalue weighted by atomic mass is 15.1. The van der Waals surface area contributed by atoms with Crippen molar-refractivity contribution in [2.75, 3.05) is 36.4 Å². The van der Waals surface area contributed by atoms with E-state index < -0.39 is 0 Å². The normalized spacial score (nSPS) is 20.4. The maximum absolute atomic E-state index is 5.47. The topological polar surface area (TPSA) is 41.3 Å². The Kier molecular flexibility index (Phi) is 4.26. The lowest BCUT2D eigenvalue weighted by Gasteiger charge is -2.32. The molecule has 3 heteroatoms. The Bertz CT molecular complexity index is 334. The average Bonchev–Trinajstić information content (AvgIpc) is 2.37. The van der Waals surface area contributed by atoms with Gasteiger partial charge < -0.3 is 16.0 Å². The first kappa shape index (κ1) is 12.2. The van der Waals surface area contributed by atoms with Crippen molar-refractivity contribution < 1.29 is 0 Å². The third kappa shape index (κ3) is 3.37. The Balaban J connectivity index is 1.96. The molecule has 1 aliphatic rings. The number of nitrogens with two attached hydrogens (primary N) is 1. The summed E-state index contributed by atoms with van der Waals surface area (Å²) in [6, 6.07) is 8.70. The van der Waals surface area contributed by atoms with Crippen molar-refractivity contribution in [2.24, 2.45) is 11.7 Å². The molecular formula is C14H23N3. The summed E-state index contributed by atoms with van der Waals surface area (Å²) in [7, 11) is 0. The number of piperidine rings is 1. The number of nitrogens with one attached hydrogen (secondary N) is 1. The molecule has 0 amide bonds. The van der Waals surface area contributed by atoms with Crippen molar-refractivity contribution in [3.63, 3.8) is 0 Å². The molecule has 3 N–H and O–H groups in total. The van der Waals surface area contributed by atoms with Gasteiger partial charge >= 0.3 is 0 Å². The Morgan fingerprint density at radius 1 is 1.35 bits per heavy atom. The van der Waals surface area contributed by atoms with E-state index in [4.69, 9.17) is 5.73 Å². The van der Waals surface area contributed by atoms with Crippen molar-refractivity contribution >= 4 is 11.4 Å². The standard InChI is InChI=1S/C14H23N3/c1-12-3-2-10-17(11-12)14-6-4-13(5-7-14)16-9-8-15/h4-7,12,16H,2-3,8-11,15H2,1H3. The van der Waals surface area contributed by atoms with E-state index in [1.165, 1.54) is 31.6 Å². The van der Waals surface area contributed by atoms with Crippen molar-refractivity contribution in [3.8, 4) is 0 Å². The SMILES string of the molecule is CC1CCCN(c2ccc(NCCN)cc2)C1. The second kappa shape index (κ2) is 5.92. The van der Waals surface area contributed by atoms with Gasteiger partial charge in [-0.2, -0.15) is 0 Å². The molecule has 1 aromatic carbocycles. The molecule has 17 heavy (non-hydrogen) atoms. The number of benzene rings is 1. The minimum absolute atomic E-state index is 0.672. The van der Waals surface area contributed by atoms with Gasteiger partial charge in [-0.25, -0.2) is 0 Å². The Morgan fingerprint density at radius 3 is 2.76 bits per heavy atom. The van der Waals surface area contributed by atoms with Crippen LogP contribution in [0.1, 0.15) is 19.8 Å². The lowest BCUT2D eigenvalue weighted by Crippen LogP contribution is -2.34. The van der Waals surface area contributed by atoms with Gasteiger partial charge in [0, 0.05) is 37.6 Å². The van der Waals surface area contributed by atoms with Crippen molar-refractivity contribution in [1.29, 1.82) is 0 Å². The maximum Gasteiger partial charge on any atom is 0.0367 e. The zero-order chi connectivity index (χ0) is 12.1. The van der Waals surface area contributed by atoms with E-state index in [1.807, 2.05) is 0 Å². The monoisotopic (exact) mass is 233 g/mol. The second-order valence-electron chi connectivity index (χ2n) is 4.96. The van der Waals surface area contributed by atoms with Gasteiger partial charge in [-0.15, -0.1) is 0 Å². The average molecular weight is 233 g/mol. The van der Waals surface area contributed by atoms with E-state index in [1.54, 1.807) is 0 Å². The van der Waals surface area contributed by atoms with Gasteiger partial charge in [-0.1, -0.05) is 6.92 Å². The van der Waals surface area contributed by atoms with Crippen LogP contribution in [0.25, 0.3) is 0 Å². The summed E-state index contributed by atoms with van der Waals surface area (Å²) in [6.45, 7) is 6.23. The molecule has 3 nitrogen and oxygen atoms in total. The first-order valence-corrected chi connectivity index (χ1v) is 6.58. The second-order valence-corrected chi connectivity index (χ2v) is 4.96. The van der Waals surface area contributed by atoms with E-state index in [2.05, 4.69) is 41.4 Å². The Labute approximate surface area is 104 Å². The summed E-state index contributed by atoms with van der Waals surface area (Å²) in [5, 5.41) is 3.29. The van der Waals surface area contributed by atoms with E-state index in [0.29, 0.717) is 6.54 Å². The van der Waals surface area contributed by atoms with Gasteiger partial charge in [0.1, 0.15) is 0 Å². The van der Waals surface area contributed by atoms with Crippen molar-refractivity contribution in [1.82, 2.24) is 0 Å². The van der Waals surface area contributed by atoms with Gasteiger partial charge in [0.25, 0.3) is 0 Å². The van der Waals surface area contributed by atoms with Crippen molar-refractivity contribution in [3.05, 3.63) is 24.3 Å². The predicted molar refractivity (Wildman–Crippen MR) is 74.6 cm³/mol. The van der Waals surface area contributed by atoms with Gasteiger partial charge in [-0.3, -0.25) is 0 Å². The van der Waals surface area contributed by atoms with Crippen LogP contribution in [0.2, 0.25) is 0 Å². The molecule has 94 valence electrons. The van der Waals surface area contributed by atoms with Gasteiger partial charge in [0.2, 0.25) is 0 Å². The molecule has 1 heterocycles. The smallest absolute Gasteiger partial charge is 0.0367 e. The van der Waals surface area contributed by atoms with Crippen LogP contribution in [-0.4, -0.2) is 26.2 Å². The third-order valence-corrected chi connectivity index (χ3v) is 3.36. The molecule has 0 saturated carbocycles. The summed E-state index contributed by atoms with van der Waals surface area (Å²) in [6.07, 6.45) is 2.68. The molecule has 1 fully saturated rings. The minimum Gasteiger partial charge on any atom is -0.384 e. The number of hydrogen-bond donors (Lipinski definition) is 2. The fraction of sp³-hybridized carbons (Fsp3) is 0.571. The van der Waals surface area contributed by atoms with Gasteiger partial charge in [-0.05, 0) is 43.0 Å². The molecule has 0 spiro atoms. The first-order valence-electron chi connectivity index (χ1n) is 6.58. The molecule has 1 aromatic rings. The molecule has 1 saturated heterocycles. The van der Waals surface area contributed by atoms with Gasteiger partial charge in [0.15, 0.2) is 0 Å². The quantitative estimate of drug-likeness (QED) is 0.838. The predicted octanol–water partition coefficient (Wildman–Crippen LogP) is 2.29. The Hall–Kier alpha value is -1.22. The molecular weight excluding hydrogens is 210 g/mol. The summed E-state index contributed by atoms with van der Waals surface area (Å²) in [5.41, 5.74) is 7.97. The number of anilines is 2. The van der Waals surface area contributed by atoms with E-state index in [0.717, 1.165) is 18.2 Å². The van der Waals surface area contributed by atoms with Crippen LogP contribution < -0.4 is 16.0 Å². The summed E-state index contributed by atoms with van der Waals surface area (Å²) < 4.78 is 0. The zero-order valence-electron chi connectivity index (χ0n) is 10.7. The lowest BCUT2D eigenvalue weighted by atomic mass is 10.00. The van der Waals surface area contributed by atoms with Crippen LogP contribution in [0.3, 0.4) is 0 Å². The fourth-order valence-corrected chi connectivity index (χ4v) is 2.43. The largest absolute Gasteiger partial charge is 0.384 e. The van der Waals surface area contributed by atoms with Crippen LogP contribution >= 0.6 is 0 Å². The van der Waals surface area contributed by atoms with Crippen LogP contribution in [-0.2, 0) is 0 Å². The van der Waals surface area contributed by atoms with Crippen LogP contribution in [0.15, 0.2) is 24.3 Å². The highest BCUT2D eigenvalue weighted by Gasteiger charge is 2.16. The Morgan fingerprint density at radius 2 is 2.12 bits per heavy atom. The zero-order valence-corrected chi connectivity index (χ0v) is 10.7. The summed E-state index contributed by atoms with van der Waals surface area (Å²) >= 11 is 0. The number of nitrogens with zero attached hydrogens (tertiary/aromatic N) is 1. The molecule has 0 radical (unpaired) electrons. The molecule has 1 unspecified atom stereocenters. The first-order chi connectivity index (χ1) is 8.29. The third-order valence-electron chi connectivity index (χ3n) is 3.36. The van der Waals surface area contributed by atoms with E-state index in [-0.39, 0.29) is 0 Å². The maximum atomic E-state index is 5.47. The van der Waals surface area contributed by atoms with Gasteiger partial charge in [0.05, 0.1) is 0 Å². The summed E-state index contributed by atoms with van der Waals surface area (Å²) in [5.74, 6) is 0.818. The lowest BCUT2D eigenvalue weighted by molar-refractivity contribution is 0.447. The highest BCUT2D eigenvalue weighted by molar-refractivity contribution is 5.55. The highest BCUT2D eigenvalue weighted by Crippen LogP contribution is 2.24.